The first-order valence-electron chi connectivity index (χ1n) is 2.91. The van der Waals surface area contributed by atoms with E-state index in [4.69, 9.17) is 0 Å². The summed E-state index contributed by atoms with van der Waals surface area (Å²) in [6.07, 6.45) is 0. The summed E-state index contributed by atoms with van der Waals surface area (Å²) in [6.45, 7) is 2.96. The number of hydrogen-bond acceptors (Lipinski definition) is 1. The highest BCUT2D eigenvalue weighted by atomic mass is 16.3. The molecule has 0 aliphatic heterocycles. The molecule has 3 nitrogen and oxygen atoms in total. The van der Waals surface area contributed by atoms with Crippen molar-refractivity contribution in [3.63, 3.8) is 0 Å². The minimum Gasteiger partial charge on any atom is -0.341 e. The van der Waals surface area contributed by atoms with Gasteiger partial charge >= 0.3 is 0 Å². The molecule has 0 spiro atoms. The molecular formula is C6H12NO2. The van der Waals surface area contributed by atoms with Crippen LogP contribution in [0.15, 0.2) is 0 Å². The Morgan fingerprint density at radius 2 is 2.11 bits per heavy atom. The minimum absolute atomic E-state index is 0.0571. The predicted octanol–water partition coefficient (Wildman–Crippen LogP) is 0.284. The van der Waals surface area contributed by atoms with E-state index in [1.165, 1.54) is 11.8 Å². The van der Waals surface area contributed by atoms with Crippen LogP contribution in [-0.4, -0.2) is 30.5 Å². The Balaban J connectivity index is 3.72. The lowest BCUT2D eigenvalue weighted by molar-refractivity contribution is -0.130. The quantitative estimate of drug-likeness (QED) is 0.529. The second-order valence-electron chi connectivity index (χ2n) is 2.15. The van der Waals surface area contributed by atoms with Crippen molar-refractivity contribution >= 4 is 5.91 Å². The van der Waals surface area contributed by atoms with Crippen molar-refractivity contribution in [2.45, 2.75) is 19.9 Å². The van der Waals surface area contributed by atoms with Crippen LogP contribution < -0.4 is 0 Å². The Hall–Kier alpha value is -0.570. The second-order valence-corrected chi connectivity index (χ2v) is 2.15. The molecule has 0 aliphatic carbocycles. The fourth-order valence-electron chi connectivity index (χ4n) is 0.422. The summed E-state index contributed by atoms with van der Waals surface area (Å²) in [5.74, 6) is -0.0571. The van der Waals surface area contributed by atoms with Crippen LogP contribution in [0.1, 0.15) is 13.8 Å². The van der Waals surface area contributed by atoms with E-state index in [-0.39, 0.29) is 18.6 Å². The molecule has 1 amide bonds. The summed E-state index contributed by atoms with van der Waals surface area (Å²) in [6, 6.07) is -0.178. The largest absolute Gasteiger partial charge is 0.341 e. The highest BCUT2D eigenvalue weighted by molar-refractivity contribution is 5.73. The van der Waals surface area contributed by atoms with E-state index in [2.05, 4.69) is 0 Å². The minimum atomic E-state index is -0.226. The molecule has 0 aromatic heterocycles. The van der Waals surface area contributed by atoms with Gasteiger partial charge in [-0.15, -0.1) is 0 Å². The van der Waals surface area contributed by atoms with Crippen molar-refractivity contribution in [2.75, 3.05) is 13.7 Å². The SMILES string of the molecule is CC(=O)N(C)C(C)C[O]. The van der Waals surface area contributed by atoms with Gasteiger partial charge in [0.05, 0.1) is 6.04 Å². The van der Waals surface area contributed by atoms with Gasteiger partial charge in [0.15, 0.2) is 0 Å². The second kappa shape index (κ2) is 3.45. The number of amides is 1. The molecule has 1 atom stereocenters. The van der Waals surface area contributed by atoms with Crippen molar-refractivity contribution in [1.82, 2.24) is 4.90 Å². The molecule has 0 aromatic carbocycles. The van der Waals surface area contributed by atoms with Gasteiger partial charge in [-0.25, -0.2) is 5.11 Å². The third kappa shape index (κ3) is 2.46. The zero-order chi connectivity index (χ0) is 7.44. The van der Waals surface area contributed by atoms with Crippen molar-refractivity contribution in [1.29, 1.82) is 0 Å². The summed E-state index contributed by atoms with van der Waals surface area (Å²) >= 11 is 0. The van der Waals surface area contributed by atoms with Crippen molar-refractivity contribution in [3.05, 3.63) is 0 Å². The zero-order valence-electron chi connectivity index (χ0n) is 6.05. The lowest BCUT2D eigenvalue weighted by Crippen LogP contribution is -2.35. The predicted molar refractivity (Wildman–Crippen MR) is 33.5 cm³/mol. The number of rotatable bonds is 2. The maximum atomic E-state index is 10.5. The third-order valence-electron chi connectivity index (χ3n) is 1.40. The molecule has 0 fully saturated rings. The summed E-state index contributed by atoms with van der Waals surface area (Å²) in [7, 11) is 1.63. The summed E-state index contributed by atoms with van der Waals surface area (Å²) < 4.78 is 0. The molecule has 9 heavy (non-hydrogen) atoms. The maximum Gasteiger partial charge on any atom is 0.219 e. The molecule has 3 heteroatoms. The molecule has 0 saturated heterocycles. The van der Waals surface area contributed by atoms with Crippen LogP contribution in [0.2, 0.25) is 0 Å². The van der Waals surface area contributed by atoms with E-state index in [1.54, 1.807) is 14.0 Å². The Bertz CT molecular complexity index is 103. The van der Waals surface area contributed by atoms with Gasteiger partial charge in [0, 0.05) is 14.0 Å². The van der Waals surface area contributed by atoms with Crippen molar-refractivity contribution in [3.8, 4) is 0 Å². The molecule has 0 aromatic rings. The lowest BCUT2D eigenvalue weighted by atomic mass is 10.3. The van der Waals surface area contributed by atoms with E-state index >= 15 is 0 Å². The van der Waals surface area contributed by atoms with Crippen LogP contribution in [0.4, 0.5) is 0 Å². The van der Waals surface area contributed by atoms with Crippen LogP contribution in [0.25, 0.3) is 0 Å². The first-order valence-corrected chi connectivity index (χ1v) is 2.91. The van der Waals surface area contributed by atoms with Crippen molar-refractivity contribution < 1.29 is 9.90 Å². The average molecular weight is 130 g/mol. The van der Waals surface area contributed by atoms with Gasteiger partial charge in [-0.05, 0) is 6.92 Å². The van der Waals surface area contributed by atoms with Crippen LogP contribution >= 0.6 is 0 Å². The molecule has 0 bridgehead atoms. The van der Waals surface area contributed by atoms with E-state index in [0.29, 0.717) is 0 Å². The summed E-state index contributed by atoms with van der Waals surface area (Å²) in [5, 5.41) is 10.2. The highest BCUT2D eigenvalue weighted by Gasteiger charge is 2.09. The number of nitrogens with zero attached hydrogens (tertiary/aromatic N) is 1. The Labute approximate surface area is 55.3 Å². The first kappa shape index (κ1) is 8.43. The smallest absolute Gasteiger partial charge is 0.219 e. The van der Waals surface area contributed by atoms with Gasteiger partial charge < -0.3 is 4.90 Å². The number of likely N-dealkylation sites (N-methyl/N-ethyl adjacent to an activating group) is 1. The van der Waals surface area contributed by atoms with Crippen LogP contribution in [-0.2, 0) is 9.90 Å². The molecule has 0 rings (SSSR count). The van der Waals surface area contributed by atoms with Crippen LogP contribution in [0.3, 0.4) is 0 Å². The summed E-state index contributed by atoms with van der Waals surface area (Å²) in [5.41, 5.74) is 0. The van der Waals surface area contributed by atoms with E-state index in [1.807, 2.05) is 0 Å². The molecule has 53 valence electrons. The summed E-state index contributed by atoms with van der Waals surface area (Å²) in [4.78, 5) is 12.0. The van der Waals surface area contributed by atoms with Gasteiger partial charge in [-0.3, -0.25) is 4.79 Å². The van der Waals surface area contributed by atoms with Gasteiger partial charge in [0.25, 0.3) is 0 Å². The van der Waals surface area contributed by atoms with Gasteiger partial charge in [-0.1, -0.05) is 0 Å². The van der Waals surface area contributed by atoms with Gasteiger partial charge in [0.2, 0.25) is 5.91 Å². The Morgan fingerprint density at radius 1 is 1.67 bits per heavy atom. The number of carbonyl (C=O) groups is 1. The first-order chi connectivity index (χ1) is 4.09. The van der Waals surface area contributed by atoms with E-state index in [0.717, 1.165) is 0 Å². The third-order valence-corrected chi connectivity index (χ3v) is 1.40. The molecular weight excluding hydrogens is 118 g/mol. The molecule has 1 radical (unpaired) electrons. The maximum absolute atomic E-state index is 10.5. The van der Waals surface area contributed by atoms with Crippen LogP contribution in [0, 0.1) is 0 Å². The number of hydrogen-bond donors (Lipinski definition) is 0. The van der Waals surface area contributed by atoms with Crippen molar-refractivity contribution in [2.24, 2.45) is 0 Å². The van der Waals surface area contributed by atoms with Crippen LogP contribution in [0.5, 0.6) is 0 Å². The fraction of sp³-hybridized carbons (Fsp3) is 0.833. The monoisotopic (exact) mass is 130 g/mol. The Morgan fingerprint density at radius 3 is 2.22 bits per heavy atom. The molecule has 0 saturated carbocycles. The number of carbonyl (C=O) groups excluding carboxylic acids is 1. The Kier molecular flexibility index (Phi) is 3.24. The molecule has 0 heterocycles. The molecule has 0 aliphatic rings. The highest BCUT2D eigenvalue weighted by Crippen LogP contribution is 1.93. The van der Waals surface area contributed by atoms with Gasteiger partial charge in [0.1, 0.15) is 6.61 Å². The van der Waals surface area contributed by atoms with E-state index < -0.39 is 0 Å². The molecule has 0 N–H and O–H groups in total. The lowest BCUT2D eigenvalue weighted by Gasteiger charge is -2.19. The van der Waals surface area contributed by atoms with Gasteiger partial charge in [-0.2, -0.15) is 0 Å². The average Bonchev–Trinajstić information content (AvgIpc) is 1.84. The normalized spacial score (nSPS) is 12.9. The molecule has 1 unspecified atom stereocenters. The fourth-order valence-corrected chi connectivity index (χ4v) is 0.422. The standard InChI is InChI=1S/C6H12NO2/c1-5(4-8)7(3)6(2)9/h5H,4H2,1-3H3. The topological polar surface area (TPSA) is 40.2 Å². The zero-order valence-corrected chi connectivity index (χ0v) is 6.05. The van der Waals surface area contributed by atoms with E-state index in [9.17, 15) is 9.90 Å².